The Hall–Kier alpha value is -3.21. The molecular formula is C34H22Br2F2IN3. The van der Waals surface area contributed by atoms with Crippen molar-refractivity contribution in [3.8, 4) is 0 Å². The van der Waals surface area contributed by atoms with Crippen LogP contribution < -0.4 is 0 Å². The molecule has 6 aromatic rings. The maximum Gasteiger partial charge on any atom is 0.139 e. The summed E-state index contributed by atoms with van der Waals surface area (Å²) in [5, 5.41) is 5.89. The summed E-state index contributed by atoms with van der Waals surface area (Å²) in [6.07, 6.45) is 1.76. The number of benzene rings is 5. The van der Waals surface area contributed by atoms with Crippen molar-refractivity contribution < 1.29 is 8.78 Å². The average Bonchev–Trinajstić information content (AvgIpc) is 3.59. The van der Waals surface area contributed by atoms with Crippen molar-refractivity contribution in [2.45, 2.75) is 12.1 Å². The zero-order valence-electron chi connectivity index (χ0n) is 22.0. The molecule has 0 aliphatic carbocycles. The van der Waals surface area contributed by atoms with E-state index in [0.29, 0.717) is 15.5 Å². The molecule has 2 heterocycles. The van der Waals surface area contributed by atoms with E-state index in [1.807, 2.05) is 65.3 Å². The van der Waals surface area contributed by atoms with Gasteiger partial charge in [0.05, 0.1) is 21.0 Å². The quantitative estimate of drug-likeness (QED) is 0.129. The molecule has 0 saturated heterocycles. The van der Waals surface area contributed by atoms with Crippen LogP contribution in [0.3, 0.4) is 0 Å². The van der Waals surface area contributed by atoms with Gasteiger partial charge in [-0.05, 0) is 100 Å². The molecule has 5 aromatic carbocycles. The minimum absolute atomic E-state index is 0.214. The number of halogens is 5. The van der Waals surface area contributed by atoms with Crippen LogP contribution in [0.25, 0.3) is 10.9 Å². The van der Waals surface area contributed by atoms with Crippen molar-refractivity contribution in [3.63, 3.8) is 0 Å². The van der Waals surface area contributed by atoms with Crippen LogP contribution in [0.5, 0.6) is 0 Å². The number of hydrogen-bond acceptors (Lipinski definition) is 2. The summed E-state index contributed by atoms with van der Waals surface area (Å²) in [4.78, 5) is 4.02. The smallest absolute Gasteiger partial charge is 0.139 e. The lowest BCUT2D eigenvalue weighted by atomic mass is 9.77. The van der Waals surface area contributed by atoms with Crippen molar-refractivity contribution in [2.75, 3.05) is 0 Å². The zero-order valence-corrected chi connectivity index (χ0v) is 27.3. The molecule has 1 aromatic heterocycles. The molecule has 0 fully saturated rings. The van der Waals surface area contributed by atoms with Crippen molar-refractivity contribution in [1.82, 2.24) is 9.78 Å². The third-order valence-corrected chi connectivity index (χ3v) is 9.26. The van der Waals surface area contributed by atoms with Gasteiger partial charge in [0.1, 0.15) is 20.9 Å². The minimum Gasteiger partial charge on any atom is -0.288 e. The molecule has 0 amide bonds. The lowest BCUT2D eigenvalue weighted by Crippen LogP contribution is -2.38. The first-order valence-electron chi connectivity index (χ1n) is 13.1. The molecule has 1 aliphatic heterocycles. The van der Waals surface area contributed by atoms with E-state index in [4.69, 9.17) is 5.10 Å². The van der Waals surface area contributed by atoms with Gasteiger partial charge in [-0.15, -0.1) is 0 Å². The highest BCUT2D eigenvalue weighted by Gasteiger charge is 2.40. The fourth-order valence-corrected chi connectivity index (χ4v) is 6.69. The molecule has 0 N–H and O–H groups in total. The molecule has 0 atom stereocenters. The van der Waals surface area contributed by atoms with Gasteiger partial charge < -0.3 is 0 Å². The molecule has 0 radical (unpaired) electrons. The second-order valence-corrected chi connectivity index (χ2v) is 12.5. The molecule has 0 saturated carbocycles. The molecular weight excluding hydrogens is 775 g/mol. The van der Waals surface area contributed by atoms with Crippen LogP contribution in [-0.4, -0.2) is 16.0 Å². The van der Waals surface area contributed by atoms with E-state index in [9.17, 15) is 8.78 Å². The number of aromatic nitrogens is 2. The van der Waals surface area contributed by atoms with Crippen LogP contribution >= 0.6 is 54.5 Å². The Balaban J connectivity index is 0.000000240. The lowest BCUT2D eigenvalue weighted by Gasteiger charge is -2.37. The second kappa shape index (κ2) is 12.2. The van der Waals surface area contributed by atoms with E-state index in [0.717, 1.165) is 42.4 Å². The van der Waals surface area contributed by atoms with Crippen LogP contribution in [0, 0.1) is 15.3 Å². The van der Waals surface area contributed by atoms with Gasteiger partial charge in [0.15, 0.2) is 0 Å². The molecule has 7 rings (SSSR count). The van der Waals surface area contributed by atoms with E-state index in [2.05, 4.69) is 95.8 Å². The van der Waals surface area contributed by atoms with Crippen LogP contribution in [0.1, 0.15) is 27.8 Å². The Kier molecular flexibility index (Phi) is 8.38. The van der Waals surface area contributed by atoms with Gasteiger partial charge in [0.2, 0.25) is 0 Å². The van der Waals surface area contributed by atoms with Crippen molar-refractivity contribution >= 4 is 71.6 Å². The van der Waals surface area contributed by atoms with Gasteiger partial charge in [-0.3, -0.25) is 4.99 Å². The molecule has 42 heavy (non-hydrogen) atoms. The summed E-state index contributed by atoms with van der Waals surface area (Å²) in [5.41, 5.74) is 5.10. The SMILES string of the molecule is Fc1cc2c(cc1Br)C=NC2.Fc1cc2c(cc1Br)c(I)nn2C(c1ccccc1)(c1ccccc1)c1ccccc1. The number of hydrogen-bond donors (Lipinski definition) is 0. The Labute approximate surface area is 272 Å². The monoisotopic (exact) mass is 795 g/mol. The maximum atomic E-state index is 14.7. The summed E-state index contributed by atoms with van der Waals surface area (Å²) in [6.45, 7) is 0.611. The third-order valence-electron chi connectivity index (χ3n) is 7.24. The van der Waals surface area contributed by atoms with Gasteiger partial charge >= 0.3 is 0 Å². The minimum atomic E-state index is -0.772. The highest BCUT2D eigenvalue weighted by molar-refractivity contribution is 14.1. The van der Waals surface area contributed by atoms with E-state index in [1.54, 1.807) is 18.3 Å². The highest BCUT2D eigenvalue weighted by Crippen LogP contribution is 2.43. The predicted molar refractivity (Wildman–Crippen MR) is 180 cm³/mol. The van der Waals surface area contributed by atoms with Crippen molar-refractivity contribution in [1.29, 1.82) is 0 Å². The number of rotatable bonds is 4. The first-order valence-corrected chi connectivity index (χ1v) is 15.7. The zero-order chi connectivity index (χ0) is 29.3. The summed E-state index contributed by atoms with van der Waals surface area (Å²) in [5.74, 6) is -0.526. The van der Waals surface area contributed by atoms with Crippen molar-refractivity contribution in [2.24, 2.45) is 4.99 Å². The number of fused-ring (bicyclic) bond motifs is 2. The molecule has 0 unspecified atom stereocenters. The number of aliphatic imine (C=N–C) groups is 1. The van der Waals surface area contributed by atoms with Gasteiger partial charge in [-0.1, -0.05) is 91.0 Å². The van der Waals surface area contributed by atoms with Gasteiger partial charge in [-0.25, -0.2) is 13.5 Å². The fraction of sp³-hybridized carbons (Fsp3) is 0.0588. The van der Waals surface area contributed by atoms with Crippen molar-refractivity contribution in [3.05, 3.63) is 167 Å². The fourth-order valence-electron chi connectivity index (χ4n) is 5.34. The molecule has 0 bridgehead atoms. The maximum absolute atomic E-state index is 14.7. The largest absolute Gasteiger partial charge is 0.288 e. The standard InChI is InChI=1S/C26H17BrFIN2.C8H5BrFN/c27-22-16-21-24(17-23(22)28)31(30-25(21)29)26(18-10-4-1-5-11-18,19-12-6-2-7-13-19)20-14-8-3-9-15-20;9-7-1-5-3-11-4-6(5)2-8(7)10/h1-17H;1-3H,4H2. The average molecular weight is 797 g/mol. The van der Waals surface area contributed by atoms with E-state index < -0.39 is 5.54 Å². The highest BCUT2D eigenvalue weighted by atomic mass is 127. The van der Waals surface area contributed by atoms with Gasteiger partial charge in [0.25, 0.3) is 0 Å². The lowest BCUT2D eigenvalue weighted by molar-refractivity contribution is 0.472. The molecule has 8 heteroatoms. The van der Waals surface area contributed by atoms with Crippen LogP contribution in [0.2, 0.25) is 0 Å². The van der Waals surface area contributed by atoms with Crippen LogP contribution in [0.15, 0.2) is 129 Å². The van der Waals surface area contributed by atoms with Crippen LogP contribution in [0.4, 0.5) is 8.78 Å². The Morgan fingerprint density at radius 2 is 1.19 bits per heavy atom. The summed E-state index contributed by atoms with van der Waals surface area (Å²) in [7, 11) is 0. The van der Waals surface area contributed by atoms with E-state index >= 15 is 0 Å². The molecule has 3 nitrogen and oxygen atoms in total. The Bertz CT molecular complexity index is 1810. The summed E-state index contributed by atoms with van der Waals surface area (Å²) >= 11 is 8.67. The molecule has 1 aliphatic rings. The first kappa shape index (κ1) is 28.9. The second-order valence-electron chi connectivity index (χ2n) is 9.73. The summed E-state index contributed by atoms with van der Waals surface area (Å²) < 4.78 is 31.3. The summed E-state index contributed by atoms with van der Waals surface area (Å²) in [6, 6.07) is 37.5. The van der Waals surface area contributed by atoms with Crippen LogP contribution in [-0.2, 0) is 12.1 Å². The first-order chi connectivity index (χ1) is 20.4. The van der Waals surface area contributed by atoms with E-state index in [-0.39, 0.29) is 11.6 Å². The molecule has 208 valence electrons. The van der Waals surface area contributed by atoms with Gasteiger partial charge in [0, 0.05) is 17.7 Å². The normalized spacial score (nSPS) is 12.2. The molecule has 0 spiro atoms. The van der Waals surface area contributed by atoms with E-state index in [1.165, 1.54) is 6.07 Å². The van der Waals surface area contributed by atoms with Gasteiger partial charge in [-0.2, -0.15) is 5.10 Å². The third kappa shape index (κ3) is 5.24. The Morgan fingerprint density at radius 1 is 0.690 bits per heavy atom. The Morgan fingerprint density at radius 3 is 1.74 bits per heavy atom. The number of nitrogens with zero attached hydrogens (tertiary/aromatic N) is 3. The topological polar surface area (TPSA) is 30.2 Å². The predicted octanol–water partition coefficient (Wildman–Crippen LogP) is 9.90.